The number of ether oxygens (including phenoxy) is 2. The minimum atomic E-state index is -0.332. The molecule has 2 aromatic carbocycles. The van der Waals surface area contributed by atoms with Crippen molar-refractivity contribution >= 4 is 33.1 Å². The summed E-state index contributed by atoms with van der Waals surface area (Å²) in [4.78, 5) is 0.244. The Labute approximate surface area is 136 Å². The lowest BCUT2D eigenvalue weighted by Crippen LogP contribution is -2.10. The molecule has 21 heavy (non-hydrogen) atoms. The van der Waals surface area contributed by atoms with Crippen LogP contribution in [0.1, 0.15) is 11.1 Å². The molecule has 0 radical (unpaired) electrons. The van der Waals surface area contributed by atoms with Crippen LogP contribution >= 0.6 is 28.1 Å². The fourth-order valence-electron chi connectivity index (χ4n) is 1.72. The zero-order valence-electron chi connectivity index (χ0n) is 11.2. The molecule has 0 saturated heterocycles. The number of hydrogen-bond acceptors (Lipinski definition) is 3. The van der Waals surface area contributed by atoms with E-state index >= 15 is 0 Å². The van der Waals surface area contributed by atoms with Gasteiger partial charge in [-0.1, -0.05) is 34.2 Å². The maximum atomic E-state index is 13.7. The van der Waals surface area contributed by atoms with Crippen LogP contribution in [0.4, 0.5) is 4.39 Å². The van der Waals surface area contributed by atoms with Crippen molar-refractivity contribution in [3.8, 4) is 11.5 Å². The highest BCUT2D eigenvalue weighted by atomic mass is 79.9. The van der Waals surface area contributed by atoms with Gasteiger partial charge in [-0.05, 0) is 24.3 Å². The molecule has 0 spiro atoms. The summed E-state index contributed by atoms with van der Waals surface area (Å²) >= 11 is 8.15. The Hall–Kier alpha value is -1.66. The molecule has 0 aliphatic carbocycles. The van der Waals surface area contributed by atoms with E-state index in [-0.39, 0.29) is 17.4 Å². The summed E-state index contributed by atoms with van der Waals surface area (Å²) in [7, 11) is 1.54. The Morgan fingerprint density at radius 2 is 1.95 bits per heavy atom. The number of hydrogen-bond donors (Lipinski definition) is 1. The molecule has 110 valence electrons. The smallest absolute Gasteiger partial charge is 0.130 e. The van der Waals surface area contributed by atoms with Gasteiger partial charge in [0, 0.05) is 21.7 Å². The first kappa shape index (κ1) is 15.7. The molecule has 2 rings (SSSR count). The van der Waals surface area contributed by atoms with Gasteiger partial charge in [0.25, 0.3) is 0 Å². The van der Waals surface area contributed by atoms with Crippen molar-refractivity contribution in [2.45, 2.75) is 6.61 Å². The zero-order chi connectivity index (χ0) is 15.4. The highest BCUT2D eigenvalue weighted by molar-refractivity contribution is 9.10. The largest absolute Gasteiger partial charge is 0.497 e. The van der Waals surface area contributed by atoms with Crippen molar-refractivity contribution in [3.05, 3.63) is 57.8 Å². The molecule has 0 amide bonds. The summed E-state index contributed by atoms with van der Waals surface area (Å²) in [5.41, 5.74) is 6.70. The number of halogens is 2. The summed E-state index contributed by atoms with van der Waals surface area (Å²) in [5.74, 6) is 0.757. The van der Waals surface area contributed by atoms with E-state index in [1.165, 1.54) is 13.2 Å². The molecule has 0 saturated carbocycles. The Balaban J connectivity index is 2.19. The van der Waals surface area contributed by atoms with Gasteiger partial charge in [0.1, 0.15) is 28.9 Å². The minimum absolute atomic E-state index is 0.100. The number of benzene rings is 2. The molecule has 2 N–H and O–H groups in total. The van der Waals surface area contributed by atoms with Crippen LogP contribution in [0, 0.1) is 5.82 Å². The molecule has 0 aliphatic heterocycles. The molecule has 3 nitrogen and oxygen atoms in total. The van der Waals surface area contributed by atoms with Crippen LogP contribution in [-0.4, -0.2) is 12.1 Å². The second-order valence-electron chi connectivity index (χ2n) is 4.29. The van der Waals surface area contributed by atoms with Crippen LogP contribution in [0.5, 0.6) is 11.5 Å². The Morgan fingerprint density at radius 3 is 2.57 bits per heavy atom. The zero-order valence-corrected chi connectivity index (χ0v) is 13.6. The minimum Gasteiger partial charge on any atom is -0.497 e. The maximum Gasteiger partial charge on any atom is 0.130 e. The molecular weight excluding hydrogens is 357 g/mol. The summed E-state index contributed by atoms with van der Waals surface area (Å²) in [5, 5.41) is 0. The summed E-state index contributed by atoms with van der Waals surface area (Å²) in [6, 6.07) is 9.92. The molecule has 0 fully saturated rings. The standard InChI is InChI=1S/C15H13BrFNO2S/c1-19-12-4-10(15(18)21)5-13(7-12)20-8-9-2-3-11(16)6-14(9)17/h2-7H,8H2,1H3,(H2,18,21). The molecule has 0 unspecified atom stereocenters. The predicted octanol–water partition coefficient (Wildman–Crippen LogP) is 3.81. The van der Waals surface area contributed by atoms with Crippen molar-refractivity contribution in [2.75, 3.05) is 7.11 Å². The molecule has 0 aromatic heterocycles. The molecule has 2 aromatic rings. The highest BCUT2D eigenvalue weighted by Crippen LogP contribution is 2.24. The van der Waals surface area contributed by atoms with Gasteiger partial charge in [0.15, 0.2) is 0 Å². The fraction of sp³-hybridized carbons (Fsp3) is 0.133. The third-order valence-electron chi connectivity index (χ3n) is 2.81. The van der Waals surface area contributed by atoms with E-state index in [0.717, 1.165) is 0 Å². The predicted molar refractivity (Wildman–Crippen MR) is 87.3 cm³/mol. The summed E-state index contributed by atoms with van der Waals surface area (Å²) in [6.07, 6.45) is 0. The number of methoxy groups -OCH3 is 1. The van der Waals surface area contributed by atoms with Gasteiger partial charge >= 0.3 is 0 Å². The molecule has 0 aliphatic rings. The molecule has 0 bridgehead atoms. The Bertz CT molecular complexity index is 679. The van der Waals surface area contributed by atoms with Crippen LogP contribution in [-0.2, 0) is 6.61 Å². The van der Waals surface area contributed by atoms with E-state index in [1.807, 2.05) is 0 Å². The third-order valence-corrected chi connectivity index (χ3v) is 3.54. The van der Waals surface area contributed by atoms with E-state index in [0.29, 0.717) is 27.1 Å². The lowest BCUT2D eigenvalue weighted by atomic mass is 10.2. The molecular formula is C15H13BrFNO2S. The van der Waals surface area contributed by atoms with Crippen molar-refractivity contribution in [1.29, 1.82) is 0 Å². The molecule has 0 atom stereocenters. The van der Waals surface area contributed by atoms with Crippen molar-refractivity contribution in [3.63, 3.8) is 0 Å². The van der Waals surface area contributed by atoms with Crippen LogP contribution in [0.15, 0.2) is 40.9 Å². The topological polar surface area (TPSA) is 44.5 Å². The highest BCUT2D eigenvalue weighted by Gasteiger charge is 2.07. The first-order chi connectivity index (χ1) is 9.99. The van der Waals surface area contributed by atoms with E-state index in [1.54, 1.807) is 30.3 Å². The second kappa shape index (κ2) is 6.87. The van der Waals surface area contributed by atoms with Crippen molar-refractivity contribution in [1.82, 2.24) is 0 Å². The van der Waals surface area contributed by atoms with Crippen molar-refractivity contribution < 1.29 is 13.9 Å². The Kier molecular flexibility index (Phi) is 5.14. The average Bonchev–Trinajstić information content (AvgIpc) is 2.46. The van der Waals surface area contributed by atoms with Crippen molar-refractivity contribution in [2.24, 2.45) is 5.73 Å². The molecule has 0 heterocycles. The van der Waals surface area contributed by atoms with E-state index in [2.05, 4.69) is 15.9 Å². The van der Waals surface area contributed by atoms with E-state index < -0.39 is 0 Å². The van der Waals surface area contributed by atoms with Gasteiger partial charge in [0.2, 0.25) is 0 Å². The fourth-order valence-corrected chi connectivity index (χ4v) is 2.17. The molecule has 6 heteroatoms. The summed E-state index contributed by atoms with van der Waals surface area (Å²) in [6.45, 7) is 0.100. The van der Waals surface area contributed by atoms with Crippen LogP contribution in [0.25, 0.3) is 0 Å². The lowest BCUT2D eigenvalue weighted by Gasteiger charge is -2.11. The van der Waals surface area contributed by atoms with Crippen LogP contribution in [0.3, 0.4) is 0 Å². The summed E-state index contributed by atoms with van der Waals surface area (Å²) < 4.78 is 25.2. The SMILES string of the molecule is COc1cc(OCc2ccc(Br)cc2F)cc(C(N)=S)c1. The maximum absolute atomic E-state index is 13.7. The van der Waals surface area contributed by atoms with Gasteiger partial charge in [0.05, 0.1) is 7.11 Å². The van der Waals surface area contributed by atoms with Gasteiger partial charge in [-0.3, -0.25) is 0 Å². The van der Waals surface area contributed by atoms with Gasteiger partial charge in [-0.25, -0.2) is 4.39 Å². The lowest BCUT2D eigenvalue weighted by molar-refractivity contribution is 0.297. The van der Waals surface area contributed by atoms with E-state index in [9.17, 15) is 4.39 Å². The monoisotopic (exact) mass is 369 g/mol. The first-order valence-corrected chi connectivity index (χ1v) is 7.25. The van der Waals surface area contributed by atoms with Crippen LogP contribution < -0.4 is 15.2 Å². The van der Waals surface area contributed by atoms with E-state index in [4.69, 9.17) is 27.4 Å². The third kappa shape index (κ3) is 4.15. The second-order valence-corrected chi connectivity index (χ2v) is 5.64. The first-order valence-electron chi connectivity index (χ1n) is 6.05. The van der Waals surface area contributed by atoms with Gasteiger partial charge < -0.3 is 15.2 Å². The number of thiocarbonyl (C=S) groups is 1. The number of nitrogens with two attached hydrogens (primary N) is 1. The van der Waals surface area contributed by atoms with Gasteiger partial charge in [-0.2, -0.15) is 0 Å². The number of rotatable bonds is 5. The average molecular weight is 370 g/mol. The van der Waals surface area contributed by atoms with Crippen LogP contribution in [0.2, 0.25) is 0 Å². The Morgan fingerprint density at radius 1 is 1.24 bits per heavy atom. The normalized spacial score (nSPS) is 10.2. The quantitative estimate of drug-likeness (QED) is 0.813. The van der Waals surface area contributed by atoms with Gasteiger partial charge in [-0.15, -0.1) is 0 Å².